The van der Waals surface area contributed by atoms with Crippen molar-refractivity contribution in [3.05, 3.63) is 11.7 Å². The van der Waals surface area contributed by atoms with Gasteiger partial charge in [-0.25, -0.2) is 8.78 Å². The van der Waals surface area contributed by atoms with Gasteiger partial charge in [0.15, 0.2) is 11.6 Å². The lowest BCUT2D eigenvalue weighted by molar-refractivity contribution is -0.115. The highest BCUT2D eigenvalue weighted by molar-refractivity contribution is 9.09. The van der Waals surface area contributed by atoms with Crippen LogP contribution in [0, 0.1) is 0 Å². The smallest absolute Gasteiger partial charge is 0.197 e. The normalized spacial score (nSPS) is 12.9. The van der Waals surface area contributed by atoms with Crippen molar-refractivity contribution >= 4 is 21.7 Å². The number of ketones is 1. The summed E-state index contributed by atoms with van der Waals surface area (Å²) in [7, 11) is 0. The van der Waals surface area contributed by atoms with Crippen LogP contribution in [0.1, 0.15) is 6.92 Å². The van der Waals surface area contributed by atoms with Crippen LogP contribution in [0.15, 0.2) is 11.7 Å². The number of halogens is 3. The van der Waals surface area contributed by atoms with E-state index in [9.17, 15) is 13.6 Å². The molecule has 0 saturated carbocycles. The minimum Gasteiger partial charge on any atom is -0.292 e. The molecule has 0 bridgehead atoms. The Hall–Kier alpha value is -0.250. The quantitative estimate of drug-likeness (QED) is 0.491. The van der Waals surface area contributed by atoms with Gasteiger partial charge < -0.3 is 0 Å². The van der Waals surface area contributed by atoms with Crippen molar-refractivity contribution < 1.29 is 13.6 Å². The molecule has 0 amide bonds. The van der Waals surface area contributed by atoms with E-state index in [-0.39, 0.29) is 5.33 Å². The van der Waals surface area contributed by atoms with Gasteiger partial charge in [0.1, 0.15) is 5.83 Å². The predicted molar refractivity (Wildman–Crippen MR) is 33.7 cm³/mol. The van der Waals surface area contributed by atoms with E-state index in [1.807, 2.05) is 0 Å². The zero-order chi connectivity index (χ0) is 7.44. The highest BCUT2D eigenvalue weighted by atomic mass is 79.9. The summed E-state index contributed by atoms with van der Waals surface area (Å²) in [6.45, 7) is 0.970. The van der Waals surface area contributed by atoms with Gasteiger partial charge in [0.05, 0.1) is 5.33 Å². The summed E-state index contributed by atoms with van der Waals surface area (Å²) in [5, 5.41) is -0.252. The van der Waals surface area contributed by atoms with Crippen LogP contribution >= 0.6 is 15.9 Å². The molecule has 0 fully saturated rings. The van der Waals surface area contributed by atoms with Gasteiger partial charge in [-0.3, -0.25) is 4.79 Å². The topological polar surface area (TPSA) is 17.1 Å². The van der Waals surface area contributed by atoms with Crippen molar-refractivity contribution in [3.63, 3.8) is 0 Å². The van der Waals surface area contributed by atoms with E-state index in [0.717, 1.165) is 6.92 Å². The highest BCUT2D eigenvalue weighted by Crippen LogP contribution is 2.10. The van der Waals surface area contributed by atoms with Crippen LogP contribution in [-0.2, 0) is 4.79 Å². The van der Waals surface area contributed by atoms with E-state index in [1.54, 1.807) is 0 Å². The van der Waals surface area contributed by atoms with Crippen molar-refractivity contribution in [2.75, 3.05) is 5.33 Å². The molecule has 0 aromatic heterocycles. The van der Waals surface area contributed by atoms with Gasteiger partial charge in [-0.05, 0) is 0 Å². The fraction of sp³-hybridized carbons (Fsp3) is 0.400. The van der Waals surface area contributed by atoms with E-state index in [4.69, 9.17) is 0 Å². The number of alkyl halides is 1. The average Bonchev–Trinajstić information content (AvgIpc) is 1.84. The molecule has 0 aromatic carbocycles. The number of carbonyl (C=O) groups is 1. The summed E-state index contributed by atoms with van der Waals surface area (Å²) in [4.78, 5) is 10.1. The number of Topliss-reactive ketones (excluding diaryl/α,β-unsaturated/α-hetero) is 1. The second kappa shape index (κ2) is 3.71. The molecule has 0 aliphatic carbocycles. The van der Waals surface area contributed by atoms with Gasteiger partial charge in [0.25, 0.3) is 0 Å². The number of hydrogen-bond donors (Lipinski definition) is 0. The van der Waals surface area contributed by atoms with Gasteiger partial charge in [-0.15, -0.1) is 0 Å². The molecule has 0 heterocycles. The zero-order valence-corrected chi connectivity index (χ0v) is 6.34. The predicted octanol–water partition coefficient (Wildman–Crippen LogP) is 2.12. The monoisotopic (exact) mass is 198 g/mol. The van der Waals surface area contributed by atoms with Gasteiger partial charge >= 0.3 is 0 Å². The summed E-state index contributed by atoms with van der Waals surface area (Å²) in [6.07, 6.45) is 0. The first-order valence-electron chi connectivity index (χ1n) is 2.20. The van der Waals surface area contributed by atoms with Crippen LogP contribution in [0.25, 0.3) is 0 Å². The van der Waals surface area contributed by atoms with E-state index in [1.165, 1.54) is 0 Å². The number of allylic oxidation sites excluding steroid dienone is 2. The van der Waals surface area contributed by atoms with Crippen LogP contribution in [0.3, 0.4) is 0 Å². The Morgan fingerprint density at radius 2 is 2.00 bits per heavy atom. The fourth-order valence-corrected chi connectivity index (χ4v) is 0.496. The maximum Gasteiger partial charge on any atom is 0.197 e. The molecule has 1 nitrogen and oxygen atoms in total. The second-order valence-corrected chi connectivity index (χ2v) is 1.97. The molecule has 0 aliphatic rings. The van der Waals surface area contributed by atoms with Gasteiger partial charge in [-0.2, -0.15) is 0 Å². The largest absolute Gasteiger partial charge is 0.292 e. The zero-order valence-electron chi connectivity index (χ0n) is 4.75. The molecule has 0 saturated heterocycles. The lowest BCUT2D eigenvalue weighted by atomic mass is 10.3. The molecule has 0 unspecified atom stereocenters. The summed E-state index contributed by atoms with van der Waals surface area (Å²) >= 11 is 2.66. The van der Waals surface area contributed by atoms with E-state index in [0.29, 0.717) is 0 Å². The summed E-state index contributed by atoms with van der Waals surface area (Å²) in [5.74, 6) is -3.23. The first kappa shape index (κ1) is 8.75. The minimum absolute atomic E-state index is 0.252. The van der Waals surface area contributed by atoms with Crippen molar-refractivity contribution in [1.82, 2.24) is 0 Å². The molecule has 4 heteroatoms. The number of hydrogen-bond acceptors (Lipinski definition) is 1. The van der Waals surface area contributed by atoms with E-state index >= 15 is 0 Å². The molecule has 0 radical (unpaired) electrons. The Labute approximate surface area is 59.9 Å². The number of rotatable bonds is 2. The Kier molecular flexibility index (Phi) is 3.61. The fourth-order valence-electron chi connectivity index (χ4n) is 0.250. The van der Waals surface area contributed by atoms with Crippen molar-refractivity contribution in [1.29, 1.82) is 0 Å². The van der Waals surface area contributed by atoms with Gasteiger partial charge in [-0.1, -0.05) is 15.9 Å². The van der Waals surface area contributed by atoms with Crippen LogP contribution < -0.4 is 0 Å². The molecular weight excluding hydrogens is 194 g/mol. The molecule has 0 N–H and O–H groups in total. The third-order valence-corrected chi connectivity index (χ3v) is 1.16. The van der Waals surface area contributed by atoms with Crippen molar-refractivity contribution in [2.24, 2.45) is 0 Å². The third-order valence-electron chi connectivity index (χ3n) is 0.665. The molecule has 52 valence electrons. The van der Waals surface area contributed by atoms with E-state index < -0.39 is 17.4 Å². The Balaban J connectivity index is 4.28. The van der Waals surface area contributed by atoms with E-state index in [2.05, 4.69) is 15.9 Å². The third kappa shape index (κ3) is 2.70. The molecule has 0 atom stereocenters. The summed E-state index contributed by atoms with van der Waals surface area (Å²) in [6, 6.07) is 0. The second-order valence-electron chi connectivity index (χ2n) is 1.41. The molecule has 0 aliphatic heterocycles. The van der Waals surface area contributed by atoms with Crippen molar-refractivity contribution in [2.45, 2.75) is 6.92 Å². The lowest BCUT2D eigenvalue weighted by Gasteiger charge is -1.89. The Morgan fingerprint density at radius 3 is 2.11 bits per heavy atom. The maximum absolute atomic E-state index is 12.0. The molecule has 9 heavy (non-hydrogen) atoms. The number of carbonyl (C=O) groups excluding carboxylic acids is 1. The SMILES string of the molecule is CC(=O)/C(F)=C(/F)CBr. The molecule has 0 spiro atoms. The van der Waals surface area contributed by atoms with Crippen LogP contribution in [-0.4, -0.2) is 11.1 Å². The van der Waals surface area contributed by atoms with Crippen LogP contribution in [0.5, 0.6) is 0 Å². The maximum atomic E-state index is 12.0. The molecule has 0 aromatic rings. The lowest BCUT2D eigenvalue weighted by Crippen LogP contribution is -1.93. The highest BCUT2D eigenvalue weighted by Gasteiger charge is 2.08. The standard InChI is InChI=1S/C5H5BrF2O/c1-3(9)5(8)4(7)2-6/h2H2,1H3/b5-4-. The first-order chi connectivity index (χ1) is 4.09. The van der Waals surface area contributed by atoms with Crippen LogP contribution in [0.2, 0.25) is 0 Å². The summed E-state index contributed by atoms with van der Waals surface area (Å²) < 4.78 is 24.1. The van der Waals surface area contributed by atoms with Gasteiger partial charge in [0.2, 0.25) is 0 Å². The average molecular weight is 199 g/mol. The first-order valence-corrected chi connectivity index (χ1v) is 3.32. The van der Waals surface area contributed by atoms with Gasteiger partial charge in [0, 0.05) is 6.92 Å². The Bertz CT molecular complexity index is 153. The summed E-state index contributed by atoms with van der Waals surface area (Å²) in [5.41, 5.74) is 0. The van der Waals surface area contributed by atoms with Crippen LogP contribution in [0.4, 0.5) is 8.78 Å². The molecular formula is C5H5BrF2O. The van der Waals surface area contributed by atoms with Crippen molar-refractivity contribution in [3.8, 4) is 0 Å². The minimum atomic E-state index is -1.30. The molecule has 0 rings (SSSR count). The Morgan fingerprint density at radius 1 is 1.56 bits per heavy atom.